The maximum atomic E-state index is 12.8. The van der Waals surface area contributed by atoms with E-state index in [4.69, 9.17) is 16.3 Å². The summed E-state index contributed by atoms with van der Waals surface area (Å²) in [7, 11) is 0. The first kappa shape index (κ1) is 16.3. The average Bonchev–Trinajstić information content (AvgIpc) is 2.53. The summed E-state index contributed by atoms with van der Waals surface area (Å²) in [5.41, 5.74) is 0.418. The number of amides is 1. The van der Waals surface area contributed by atoms with Crippen molar-refractivity contribution in [2.45, 2.75) is 26.0 Å². The molecular weight excluding hydrogens is 330 g/mol. The summed E-state index contributed by atoms with van der Waals surface area (Å²) in [6.07, 6.45) is 0. The number of hydrogen-bond donors (Lipinski definition) is 1. The molecule has 0 atom stereocenters. The fourth-order valence-corrected chi connectivity index (χ4v) is 2.76. The number of carbonyl (C=O) groups is 2. The minimum absolute atomic E-state index is 0.103. The normalized spacial score (nSPS) is 15.6. The first-order valence-corrected chi connectivity index (χ1v) is 7.78. The topological polar surface area (TPSA) is 66.8 Å². The lowest BCUT2D eigenvalue weighted by Gasteiger charge is -2.39. The molecule has 24 heavy (non-hydrogen) atoms. The number of aromatic carboxylic acids is 1. The Balaban J connectivity index is 2.05. The van der Waals surface area contributed by atoms with Gasteiger partial charge in [-0.1, -0.05) is 23.7 Å². The molecule has 0 fully saturated rings. The number of carboxylic acid groups (broad SMARTS) is 1. The van der Waals surface area contributed by atoms with E-state index in [1.54, 1.807) is 36.9 Å². The van der Waals surface area contributed by atoms with Crippen LogP contribution in [0, 0.1) is 0 Å². The number of hydrogen-bond acceptors (Lipinski definition) is 3. The first-order chi connectivity index (χ1) is 11.3. The SMILES string of the molecule is CC1(C)Oc2ccc(C(=O)O)cc2N(Cc2ccc(Cl)cc2)C1=O. The van der Waals surface area contributed by atoms with E-state index in [9.17, 15) is 14.7 Å². The summed E-state index contributed by atoms with van der Waals surface area (Å²) in [6, 6.07) is 11.7. The molecule has 0 bridgehead atoms. The van der Waals surface area contributed by atoms with Gasteiger partial charge in [-0.2, -0.15) is 0 Å². The summed E-state index contributed by atoms with van der Waals surface area (Å²) in [5, 5.41) is 9.81. The quantitative estimate of drug-likeness (QED) is 0.920. The van der Waals surface area contributed by atoms with E-state index in [2.05, 4.69) is 0 Å². The zero-order valence-electron chi connectivity index (χ0n) is 13.2. The Morgan fingerprint density at radius 1 is 1.21 bits per heavy atom. The first-order valence-electron chi connectivity index (χ1n) is 7.41. The molecule has 124 valence electrons. The van der Waals surface area contributed by atoms with Crippen molar-refractivity contribution in [3.8, 4) is 5.75 Å². The van der Waals surface area contributed by atoms with Crippen LogP contribution < -0.4 is 9.64 Å². The molecule has 2 aromatic carbocycles. The van der Waals surface area contributed by atoms with Gasteiger partial charge in [-0.05, 0) is 49.7 Å². The minimum atomic E-state index is -1.05. The predicted molar refractivity (Wildman–Crippen MR) is 90.8 cm³/mol. The molecular formula is C18H16ClNO4. The molecule has 2 aromatic rings. The van der Waals surface area contributed by atoms with E-state index in [1.165, 1.54) is 12.1 Å². The Kier molecular flexibility index (Phi) is 3.97. The molecule has 1 aliphatic heterocycles. The lowest BCUT2D eigenvalue weighted by Crippen LogP contribution is -2.52. The van der Waals surface area contributed by atoms with Gasteiger partial charge >= 0.3 is 5.97 Å². The predicted octanol–water partition coefficient (Wildman–Crippen LogP) is 3.74. The van der Waals surface area contributed by atoms with E-state index >= 15 is 0 Å². The third-order valence-corrected chi connectivity index (χ3v) is 4.13. The van der Waals surface area contributed by atoms with E-state index in [0.29, 0.717) is 23.0 Å². The summed E-state index contributed by atoms with van der Waals surface area (Å²) in [5.74, 6) is -0.799. The van der Waals surface area contributed by atoms with Crippen molar-refractivity contribution in [3.63, 3.8) is 0 Å². The highest BCUT2D eigenvalue weighted by Crippen LogP contribution is 2.39. The highest BCUT2D eigenvalue weighted by molar-refractivity contribution is 6.30. The fraction of sp³-hybridized carbons (Fsp3) is 0.222. The number of carbonyl (C=O) groups excluding carboxylic acids is 1. The van der Waals surface area contributed by atoms with Gasteiger partial charge in [0.2, 0.25) is 0 Å². The number of fused-ring (bicyclic) bond motifs is 1. The van der Waals surface area contributed by atoms with Crippen LogP contribution in [0.3, 0.4) is 0 Å². The molecule has 0 aromatic heterocycles. The maximum Gasteiger partial charge on any atom is 0.335 e. The second-order valence-electron chi connectivity index (χ2n) is 6.12. The van der Waals surface area contributed by atoms with E-state index in [1.807, 2.05) is 12.1 Å². The van der Waals surface area contributed by atoms with Crippen LogP contribution in [0.25, 0.3) is 0 Å². The van der Waals surface area contributed by atoms with Crippen LogP contribution in [-0.2, 0) is 11.3 Å². The third kappa shape index (κ3) is 2.95. The van der Waals surface area contributed by atoms with Gasteiger partial charge in [-0.25, -0.2) is 4.79 Å². The van der Waals surface area contributed by atoms with Crippen molar-refractivity contribution in [2.75, 3.05) is 4.90 Å². The van der Waals surface area contributed by atoms with Gasteiger partial charge in [-0.3, -0.25) is 4.79 Å². The highest BCUT2D eigenvalue weighted by atomic mass is 35.5. The molecule has 1 aliphatic rings. The Bertz CT molecular complexity index is 814. The number of anilines is 1. The number of halogens is 1. The minimum Gasteiger partial charge on any atom is -0.478 e. The largest absolute Gasteiger partial charge is 0.478 e. The maximum absolute atomic E-state index is 12.8. The number of ether oxygens (including phenoxy) is 1. The Hall–Kier alpha value is -2.53. The second kappa shape index (κ2) is 5.83. The lowest BCUT2D eigenvalue weighted by atomic mass is 10.0. The number of rotatable bonds is 3. The summed E-state index contributed by atoms with van der Waals surface area (Å²) in [4.78, 5) is 25.6. The standard InChI is InChI=1S/C18H16ClNO4/c1-18(2)17(23)20(10-11-3-6-13(19)7-4-11)14-9-12(16(21)22)5-8-15(14)24-18/h3-9H,10H2,1-2H3,(H,21,22). The molecule has 5 nitrogen and oxygen atoms in total. The lowest BCUT2D eigenvalue weighted by molar-refractivity contribution is -0.132. The number of nitrogens with zero attached hydrogens (tertiary/aromatic N) is 1. The summed E-state index contributed by atoms with van der Waals surface area (Å²) in [6.45, 7) is 3.69. The van der Waals surface area contributed by atoms with Gasteiger partial charge in [0.15, 0.2) is 5.60 Å². The summed E-state index contributed by atoms with van der Waals surface area (Å²) < 4.78 is 5.75. The molecule has 0 spiro atoms. The molecule has 1 heterocycles. The van der Waals surface area contributed by atoms with Crippen molar-refractivity contribution in [1.82, 2.24) is 0 Å². The fourth-order valence-electron chi connectivity index (χ4n) is 2.63. The Labute approximate surface area is 144 Å². The van der Waals surface area contributed by atoms with Crippen LogP contribution in [0.5, 0.6) is 5.75 Å². The van der Waals surface area contributed by atoms with Crippen LogP contribution in [0.1, 0.15) is 29.8 Å². The van der Waals surface area contributed by atoms with Crippen molar-refractivity contribution >= 4 is 29.2 Å². The van der Waals surface area contributed by atoms with E-state index in [0.717, 1.165) is 5.56 Å². The third-order valence-electron chi connectivity index (χ3n) is 3.88. The number of carboxylic acids is 1. The molecule has 0 radical (unpaired) electrons. The van der Waals surface area contributed by atoms with Crippen LogP contribution >= 0.6 is 11.6 Å². The van der Waals surface area contributed by atoms with Crippen molar-refractivity contribution < 1.29 is 19.4 Å². The van der Waals surface area contributed by atoms with Crippen LogP contribution in [0.15, 0.2) is 42.5 Å². The van der Waals surface area contributed by atoms with Crippen molar-refractivity contribution in [2.24, 2.45) is 0 Å². The molecule has 0 unspecified atom stereocenters. The average molecular weight is 346 g/mol. The molecule has 3 rings (SSSR count). The van der Waals surface area contributed by atoms with Crippen LogP contribution in [0.4, 0.5) is 5.69 Å². The highest BCUT2D eigenvalue weighted by Gasteiger charge is 2.41. The van der Waals surface area contributed by atoms with Gasteiger partial charge in [0, 0.05) is 5.02 Å². The Morgan fingerprint density at radius 2 is 1.88 bits per heavy atom. The molecule has 1 amide bonds. The monoisotopic (exact) mass is 345 g/mol. The zero-order valence-corrected chi connectivity index (χ0v) is 14.0. The Morgan fingerprint density at radius 3 is 2.50 bits per heavy atom. The summed E-state index contributed by atoms with van der Waals surface area (Å²) >= 11 is 5.90. The number of benzene rings is 2. The van der Waals surface area contributed by atoms with Gasteiger partial charge in [0.05, 0.1) is 17.8 Å². The van der Waals surface area contributed by atoms with Crippen molar-refractivity contribution in [3.05, 3.63) is 58.6 Å². The molecule has 0 saturated carbocycles. The molecule has 0 saturated heterocycles. The van der Waals surface area contributed by atoms with Gasteiger partial charge in [0.25, 0.3) is 5.91 Å². The molecule has 0 aliphatic carbocycles. The van der Waals surface area contributed by atoms with Gasteiger partial charge in [0.1, 0.15) is 5.75 Å². The second-order valence-corrected chi connectivity index (χ2v) is 6.55. The van der Waals surface area contributed by atoms with Crippen LogP contribution in [-0.4, -0.2) is 22.6 Å². The smallest absolute Gasteiger partial charge is 0.335 e. The zero-order chi connectivity index (χ0) is 17.5. The van der Waals surface area contributed by atoms with Crippen LogP contribution in [0.2, 0.25) is 5.02 Å². The molecule has 6 heteroatoms. The van der Waals surface area contributed by atoms with Gasteiger partial charge < -0.3 is 14.7 Å². The molecule has 1 N–H and O–H groups in total. The van der Waals surface area contributed by atoms with E-state index in [-0.39, 0.29) is 11.5 Å². The van der Waals surface area contributed by atoms with E-state index < -0.39 is 11.6 Å². The van der Waals surface area contributed by atoms with Gasteiger partial charge in [-0.15, -0.1) is 0 Å². The van der Waals surface area contributed by atoms with Crippen molar-refractivity contribution in [1.29, 1.82) is 0 Å².